The molecular weight excluding hydrogens is 252 g/mol. The zero-order valence-electron chi connectivity index (χ0n) is 10.3. The van der Waals surface area contributed by atoms with Crippen LogP contribution in [0.3, 0.4) is 0 Å². The van der Waals surface area contributed by atoms with E-state index in [2.05, 4.69) is 15.5 Å². The van der Waals surface area contributed by atoms with Crippen molar-refractivity contribution in [2.75, 3.05) is 5.32 Å². The molecule has 0 fully saturated rings. The molecule has 0 spiro atoms. The van der Waals surface area contributed by atoms with Crippen molar-refractivity contribution in [1.29, 1.82) is 0 Å². The van der Waals surface area contributed by atoms with Crippen molar-refractivity contribution in [3.63, 3.8) is 0 Å². The number of rotatable bonds is 4. The number of nitrogens with zero attached hydrogens (tertiary/aromatic N) is 1. The van der Waals surface area contributed by atoms with Crippen LogP contribution >= 0.6 is 0 Å². The van der Waals surface area contributed by atoms with Gasteiger partial charge in [-0.05, 0) is 18.1 Å². The highest BCUT2D eigenvalue weighted by Crippen LogP contribution is 2.12. The number of H-pyrrole nitrogens is 1. The molecule has 1 aromatic carbocycles. The number of carbonyl (C=O) groups excluding carboxylic acids is 1. The van der Waals surface area contributed by atoms with Crippen molar-refractivity contribution in [3.05, 3.63) is 47.2 Å². The molecule has 0 atom stereocenters. The highest BCUT2D eigenvalue weighted by molar-refractivity contribution is 5.91. The molecule has 4 nitrogen and oxygen atoms in total. The second kappa shape index (κ2) is 5.60. The maximum absolute atomic E-state index is 13.4. The summed E-state index contributed by atoms with van der Waals surface area (Å²) in [5.74, 6) is -1.41. The summed E-state index contributed by atoms with van der Waals surface area (Å²) >= 11 is 0. The van der Waals surface area contributed by atoms with Gasteiger partial charge in [0.1, 0.15) is 11.6 Å². The van der Waals surface area contributed by atoms with Gasteiger partial charge in [-0.25, -0.2) is 8.78 Å². The van der Waals surface area contributed by atoms with Crippen LogP contribution in [0.15, 0.2) is 24.3 Å². The van der Waals surface area contributed by atoms with Gasteiger partial charge in [-0.3, -0.25) is 9.89 Å². The number of hydrogen-bond acceptors (Lipinski definition) is 2. The Labute approximate surface area is 108 Å². The lowest BCUT2D eigenvalue weighted by molar-refractivity contribution is -0.115. The van der Waals surface area contributed by atoms with Gasteiger partial charge in [0.05, 0.1) is 6.42 Å². The Morgan fingerprint density at radius 2 is 2.16 bits per heavy atom. The van der Waals surface area contributed by atoms with Gasteiger partial charge in [0, 0.05) is 17.8 Å². The first-order valence-corrected chi connectivity index (χ1v) is 5.86. The van der Waals surface area contributed by atoms with Gasteiger partial charge in [0.2, 0.25) is 5.91 Å². The van der Waals surface area contributed by atoms with Crippen LogP contribution in [-0.2, 0) is 17.6 Å². The van der Waals surface area contributed by atoms with Gasteiger partial charge in [0.15, 0.2) is 5.82 Å². The van der Waals surface area contributed by atoms with Crippen molar-refractivity contribution in [3.8, 4) is 0 Å². The predicted octanol–water partition coefficient (Wildman–Crippen LogP) is 2.43. The Morgan fingerprint density at radius 1 is 1.37 bits per heavy atom. The second-order valence-electron chi connectivity index (χ2n) is 4.09. The number of amides is 1. The molecule has 0 radical (unpaired) electrons. The Morgan fingerprint density at radius 3 is 2.79 bits per heavy atom. The second-order valence-corrected chi connectivity index (χ2v) is 4.09. The van der Waals surface area contributed by atoms with E-state index in [-0.39, 0.29) is 12.0 Å². The molecule has 2 aromatic rings. The molecule has 0 aliphatic carbocycles. The molecule has 0 saturated carbocycles. The average Bonchev–Trinajstić information content (AvgIpc) is 2.80. The van der Waals surface area contributed by atoms with Crippen LogP contribution in [0.25, 0.3) is 0 Å². The molecule has 0 bridgehead atoms. The van der Waals surface area contributed by atoms with E-state index in [4.69, 9.17) is 0 Å². The zero-order valence-corrected chi connectivity index (χ0v) is 10.3. The Hall–Kier alpha value is -2.24. The smallest absolute Gasteiger partial charge is 0.230 e. The average molecular weight is 265 g/mol. The van der Waals surface area contributed by atoms with Crippen LogP contribution in [0.4, 0.5) is 14.6 Å². The van der Waals surface area contributed by atoms with Crippen molar-refractivity contribution in [2.45, 2.75) is 19.8 Å². The third-order valence-corrected chi connectivity index (χ3v) is 2.65. The lowest BCUT2D eigenvalue weighted by atomic mass is 10.1. The molecular formula is C13H13F2N3O. The quantitative estimate of drug-likeness (QED) is 0.892. The first-order chi connectivity index (χ1) is 9.08. The molecule has 19 heavy (non-hydrogen) atoms. The van der Waals surface area contributed by atoms with E-state index in [0.717, 1.165) is 24.2 Å². The van der Waals surface area contributed by atoms with Crippen LogP contribution in [-0.4, -0.2) is 16.1 Å². The van der Waals surface area contributed by atoms with E-state index in [1.165, 1.54) is 6.07 Å². The fourth-order valence-electron chi connectivity index (χ4n) is 1.63. The van der Waals surface area contributed by atoms with Crippen molar-refractivity contribution >= 4 is 11.7 Å². The number of aromatic nitrogens is 2. The number of carbonyl (C=O) groups is 1. The summed E-state index contributed by atoms with van der Waals surface area (Å²) in [6.45, 7) is 1.95. The number of anilines is 1. The third kappa shape index (κ3) is 3.37. The summed E-state index contributed by atoms with van der Waals surface area (Å²) in [6, 6.07) is 4.84. The first-order valence-electron chi connectivity index (χ1n) is 5.86. The molecule has 0 aliphatic rings. The van der Waals surface area contributed by atoms with E-state index in [1.807, 2.05) is 6.92 Å². The maximum atomic E-state index is 13.4. The summed E-state index contributed by atoms with van der Waals surface area (Å²) < 4.78 is 26.1. The van der Waals surface area contributed by atoms with Crippen LogP contribution in [0.2, 0.25) is 0 Å². The van der Waals surface area contributed by atoms with E-state index in [0.29, 0.717) is 5.82 Å². The van der Waals surface area contributed by atoms with E-state index >= 15 is 0 Å². The van der Waals surface area contributed by atoms with Gasteiger partial charge >= 0.3 is 0 Å². The molecule has 0 saturated heterocycles. The Kier molecular flexibility index (Phi) is 3.89. The molecule has 2 N–H and O–H groups in total. The number of nitrogens with one attached hydrogen (secondary N) is 2. The number of halogens is 2. The largest absolute Gasteiger partial charge is 0.309 e. The minimum absolute atomic E-state index is 0.144. The van der Waals surface area contributed by atoms with Crippen molar-refractivity contribution in [2.24, 2.45) is 0 Å². The highest BCUT2D eigenvalue weighted by atomic mass is 19.1. The summed E-state index contributed by atoms with van der Waals surface area (Å²) in [6.07, 6.45) is 0.607. The standard InChI is InChI=1S/C13H13F2N3O/c1-2-10-7-12(18-17-10)16-13(19)5-8-3-4-9(14)6-11(8)15/h3-4,6-7H,2,5H2,1H3,(H2,16,17,18,19). The summed E-state index contributed by atoms with van der Waals surface area (Å²) in [7, 11) is 0. The Balaban J connectivity index is 2.01. The first kappa shape index (κ1) is 13.2. The van der Waals surface area contributed by atoms with Gasteiger partial charge in [0.25, 0.3) is 0 Å². The molecule has 1 aromatic heterocycles. The van der Waals surface area contributed by atoms with Crippen LogP contribution < -0.4 is 5.32 Å². The molecule has 0 unspecified atom stereocenters. The molecule has 2 rings (SSSR count). The van der Waals surface area contributed by atoms with Crippen molar-refractivity contribution in [1.82, 2.24) is 10.2 Å². The zero-order chi connectivity index (χ0) is 13.8. The topological polar surface area (TPSA) is 57.8 Å². The van der Waals surface area contributed by atoms with Gasteiger partial charge in [-0.15, -0.1) is 0 Å². The highest BCUT2D eigenvalue weighted by Gasteiger charge is 2.10. The molecule has 100 valence electrons. The minimum atomic E-state index is -0.730. The van der Waals surface area contributed by atoms with Crippen LogP contribution in [0.5, 0.6) is 0 Å². The third-order valence-electron chi connectivity index (χ3n) is 2.65. The fraction of sp³-hybridized carbons (Fsp3) is 0.231. The van der Waals surface area contributed by atoms with E-state index in [9.17, 15) is 13.6 Å². The summed E-state index contributed by atoms with van der Waals surface area (Å²) in [5, 5.41) is 9.19. The number of benzene rings is 1. The van der Waals surface area contributed by atoms with Crippen LogP contribution in [0.1, 0.15) is 18.2 Å². The maximum Gasteiger partial charge on any atom is 0.230 e. The molecule has 1 heterocycles. The predicted molar refractivity (Wildman–Crippen MR) is 66.7 cm³/mol. The van der Waals surface area contributed by atoms with E-state index in [1.54, 1.807) is 6.07 Å². The number of aromatic amines is 1. The molecule has 1 amide bonds. The SMILES string of the molecule is CCc1cc(NC(=O)Cc2ccc(F)cc2F)n[nH]1. The number of hydrogen-bond donors (Lipinski definition) is 2. The number of aryl methyl sites for hydroxylation is 1. The Bertz CT molecular complexity index is 595. The lowest BCUT2D eigenvalue weighted by Crippen LogP contribution is -2.15. The normalized spacial score (nSPS) is 10.5. The van der Waals surface area contributed by atoms with E-state index < -0.39 is 17.5 Å². The van der Waals surface area contributed by atoms with Crippen LogP contribution in [0, 0.1) is 11.6 Å². The van der Waals surface area contributed by atoms with Gasteiger partial charge < -0.3 is 5.32 Å². The van der Waals surface area contributed by atoms with Gasteiger partial charge in [-0.1, -0.05) is 13.0 Å². The monoisotopic (exact) mass is 265 g/mol. The summed E-state index contributed by atoms with van der Waals surface area (Å²) in [4.78, 5) is 11.7. The fourth-order valence-corrected chi connectivity index (χ4v) is 1.63. The molecule has 0 aliphatic heterocycles. The minimum Gasteiger partial charge on any atom is -0.309 e. The van der Waals surface area contributed by atoms with Gasteiger partial charge in [-0.2, -0.15) is 5.10 Å². The summed E-state index contributed by atoms with van der Waals surface area (Å²) in [5.41, 5.74) is 1.04. The molecule has 6 heteroatoms. The van der Waals surface area contributed by atoms with Crippen molar-refractivity contribution < 1.29 is 13.6 Å². The lowest BCUT2D eigenvalue weighted by Gasteiger charge is -2.03.